The van der Waals surface area contributed by atoms with Crippen molar-refractivity contribution in [1.29, 1.82) is 0 Å². The lowest BCUT2D eigenvalue weighted by atomic mass is 9.80. The molecule has 0 atom stereocenters. The lowest BCUT2D eigenvalue weighted by molar-refractivity contribution is -0.150. The van der Waals surface area contributed by atoms with E-state index in [4.69, 9.17) is 4.74 Å². The first kappa shape index (κ1) is 20.5. The van der Waals surface area contributed by atoms with Gasteiger partial charge in [0.2, 0.25) is 0 Å². The number of hydrogen-bond acceptors (Lipinski definition) is 2. The summed E-state index contributed by atoms with van der Waals surface area (Å²) in [5, 5.41) is 0. The molecule has 136 valence electrons. The van der Waals surface area contributed by atoms with Gasteiger partial charge in [0, 0.05) is 0 Å². The van der Waals surface area contributed by atoms with Gasteiger partial charge >= 0.3 is 5.97 Å². The largest absolute Gasteiger partial charge is 0.465 e. The second-order valence-corrected chi connectivity index (χ2v) is 7.50. The van der Waals surface area contributed by atoms with Gasteiger partial charge in [-0.1, -0.05) is 78.1 Å². The van der Waals surface area contributed by atoms with E-state index >= 15 is 0 Å². The highest BCUT2D eigenvalue weighted by atomic mass is 16.5. The molecule has 0 spiro atoms. The molecule has 0 aromatic rings. The van der Waals surface area contributed by atoms with Gasteiger partial charge in [0.25, 0.3) is 0 Å². The van der Waals surface area contributed by atoms with Crippen LogP contribution >= 0.6 is 0 Å². The van der Waals surface area contributed by atoms with E-state index in [1.165, 1.54) is 77.0 Å². The van der Waals surface area contributed by atoms with Gasteiger partial charge in [-0.3, -0.25) is 4.79 Å². The smallest absolute Gasteiger partial charge is 0.308 e. The van der Waals surface area contributed by atoms with Gasteiger partial charge in [-0.2, -0.15) is 0 Å². The fourth-order valence-electron chi connectivity index (χ4n) is 3.72. The molecule has 1 aliphatic carbocycles. The molecule has 0 aromatic heterocycles. The van der Waals surface area contributed by atoms with E-state index in [1.54, 1.807) is 0 Å². The zero-order valence-electron chi connectivity index (χ0n) is 15.8. The molecule has 0 N–H and O–H groups in total. The molecule has 0 aromatic carbocycles. The Morgan fingerprint density at radius 1 is 0.783 bits per heavy atom. The number of unbranched alkanes of at least 4 members (excludes halogenated alkanes) is 8. The lowest BCUT2D eigenvalue weighted by Crippen LogP contribution is -2.24. The summed E-state index contributed by atoms with van der Waals surface area (Å²) in [5.74, 6) is 1.15. The first-order valence-electron chi connectivity index (χ1n) is 10.4. The predicted octanol–water partition coefficient (Wildman–Crippen LogP) is 6.67. The quantitative estimate of drug-likeness (QED) is 0.279. The average Bonchev–Trinajstić information content (AvgIpc) is 2.58. The van der Waals surface area contributed by atoms with E-state index in [0.717, 1.165) is 25.2 Å². The van der Waals surface area contributed by atoms with Gasteiger partial charge in [0.1, 0.15) is 0 Å². The summed E-state index contributed by atoms with van der Waals surface area (Å²) in [6.07, 6.45) is 18.9. The number of carbonyl (C=O) groups is 1. The van der Waals surface area contributed by atoms with Crippen LogP contribution in [-0.4, -0.2) is 12.6 Å². The molecule has 0 bridgehead atoms. The Bertz CT molecular complexity index is 280. The van der Waals surface area contributed by atoms with Crippen molar-refractivity contribution in [3.63, 3.8) is 0 Å². The molecule has 23 heavy (non-hydrogen) atoms. The van der Waals surface area contributed by atoms with E-state index < -0.39 is 0 Å². The Balaban J connectivity index is 1.97. The Kier molecular flexibility index (Phi) is 12.4. The minimum Gasteiger partial charge on any atom is -0.465 e. The standard InChI is InChI=1S/C21H40O2/c1-3-5-7-8-9-10-12-18-23-21(22)20-16-14-19(15-17-20)13-11-6-4-2/h19-20H,3-18H2,1-2H3. The normalized spacial score (nSPS) is 21.3. The molecule has 1 fully saturated rings. The molecule has 1 rings (SSSR count). The van der Waals surface area contributed by atoms with E-state index in [-0.39, 0.29) is 11.9 Å². The molecule has 1 saturated carbocycles. The molecule has 1 aliphatic rings. The van der Waals surface area contributed by atoms with Gasteiger partial charge in [-0.15, -0.1) is 0 Å². The monoisotopic (exact) mass is 324 g/mol. The molecule has 2 heteroatoms. The number of ether oxygens (including phenoxy) is 1. The van der Waals surface area contributed by atoms with E-state index in [1.807, 2.05) is 0 Å². The van der Waals surface area contributed by atoms with Crippen molar-refractivity contribution in [1.82, 2.24) is 0 Å². The Morgan fingerprint density at radius 2 is 1.35 bits per heavy atom. The maximum absolute atomic E-state index is 12.1. The maximum atomic E-state index is 12.1. The fraction of sp³-hybridized carbons (Fsp3) is 0.952. The summed E-state index contributed by atoms with van der Waals surface area (Å²) in [4.78, 5) is 12.1. The Morgan fingerprint density at radius 3 is 2.00 bits per heavy atom. The van der Waals surface area contributed by atoms with Crippen LogP contribution < -0.4 is 0 Å². The highest BCUT2D eigenvalue weighted by molar-refractivity contribution is 5.72. The van der Waals surface area contributed by atoms with Crippen LogP contribution in [0.5, 0.6) is 0 Å². The summed E-state index contributed by atoms with van der Waals surface area (Å²) in [6, 6.07) is 0. The lowest BCUT2D eigenvalue weighted by Gasteiger charge is -2.27. The summed E-state index contributed by atoms with van der Waals surface area (Å²) in [7, 11) is 0. The number of esters is 1. The average molecular weight is 325 g/mol. The molecule has 0 heterocycles. The molecular weight excluding hydrogens is 284 g/mol. The predicted molar refractivity (Wildman–Crippen MR) is 98.5 cm³/mol. The third-order valence-electron chi connectivity index (χ3n) is 5.39. The number of rotatable bonds is 13. The van der Waals surface area contributed by atoms with Crippen LogP contribution in [0.15, 0.2) is 0 Å². The van der Waals surface area contributed by atoms with Gasteiger partial charge in [-0.25, -0.2) is 0 Å². The summed E-state index contributed by atoms with van der Waals surface area (Å²) >= 11 is 0. The summed E-state index contributed by atoms with van der Waals surface area (Å²) in [6.45, 7) is 5.15. The van der Waals surface area contributed by atoms with Crippen molar-refractivity contribution < 1.29 is 9.53 Å². The van der Waals surface area contributed by atoms with Gasteiger partial charge in [0.15, 0.2) is 0 Å². The van der Waals surface area contributed by atoms with Crippen molar-refractivity contribution in [2.24, 2.45) is 11.8 Å². The Hall–Kier alpha value is -0.530. The second kappa shape index (κ2) is 13.9. The van der Waals surface area contributed by atoms with Crippen molar-refractivity contribution in [3.05, 3.63) is 0 Å². The van der Waals surface area contributed by atoms with Crippen LogP contribution in [0, 0.1) is 11.8 Å². The summed E-state index contributed by atoms with van der Waals surface area (Å²) in [5.41, 5.74) is 0. The highest BCUT2D eigenvalue weighted by Crippen LogP contribution is 2.32. The first-order valence-corrected chi connectivity index (χ1v) is 10.4. The topological polar surface area (TPSA) is 26.3 Å². The molecule has 0 saturated heterocycles. The van der Waals surface area contributed by atoms with Gasteiger partial charge in [-0.05, 0) is 38.0 Å². The van der Waals surface area contributed by atoms with Crippen molar-refractivity contribution in [3.8, 4) is 0 Å². The molecular formula is C21H40O2. The van der Waals surface area contributed by atoms with Gasteiger partial charge < -0.3 is 4.74 Å². The zero-order chi connectivity index (χ0) is 16.8. The molecule has 0 radical (unpaired) electrons. The number of hydrogen-bond donors (Lipinski definition) is 0. The van der Waals surface area contributed by atoms with Crippen LogP contribution in [0.4, 0.5) is 0 Å². The van der Waals surface area contributed by atoms with Crippen LogP contribution in [0.25, 0.3) is 0 Å². The fourth-order valence-corrected chi connectivity index (χ4v) is 3.72. The zero-order valence-corrected chi connectivity index (χ0v) is 15.8. The van der Waals surface area contributed by atoms with Crippen LogP contribution in [0.3, 0.4) is 0 Å². The minimum absolute atomic E-state index is 0.0861. The molecule has 0 amide bonds. The van der Waals surface area contributed by atoms with Crippen molar-refractivity contribution >= 4 is 5.97 Å². The van der Waals surface area contributed by atoms with Crippen LogP contribution in [-0.2, 0) is 9.53 Å². The highest BCUT2D eigenvalue weighted by Gasteiger charge is 2.26. The van der Waals surface area contributed by atoms with E-state index in [2.05, 4.69) is 13.8 Å². The second-order valence-electron chi connectivity index (χ2n) is 7.50. The molecule has 0 unspecified atom stereocenters. The molecule has 2 nitrogen and oxygen atoms in total. The Labute approximate surface area is 144 Å². The number of carbonyl (C=O) groups excluding carboxylic acids is 1. The van der Waals surface area contributed by atoms with E-state index in [0.29, 0.717) is 6.61 Å². The maximum Gasteiger partial charge on any atom is 0.308 e. The van der Waals surface area contributed by atoms with Crippen molar-refractivity contribution in [2.45, 2.75) is 110 Å². The van der Waals surface area contributed by atoms with Crippen LogP contribution in [0.1, 0.15) is 110 Å². The third-order valence-corrected chi connectivity index (χ3v) is 5.39. The van der Waals surface area contributed by atoms with Crippen molar-refractivity contribution in [2.75, 3.05) is 6.61 Å². The first-order chi connectivity index (χ1) is 11.3. The molecule has 0 aliphatic heterocycles. The third kappa shape index (κ3) is 10.0. The SMILES string of the molecule is CCCCCCCCCOC(=O)C1CCC(CCCCC)CC1. The van der Waals surface area contributed by atoms with Crippen LogP contribution in [0.2, 0.25) is 0 Å². The summed E-state index contributed by atoms with van der Waals surface area (Å²) < 4.78 is 5.50. The minimum atomic E-state index is 0.0861. The van der Waals surface area contributed by atoms with Gasteiger partial charge in [0.05, 0.1) is 12.5 Å². The van der Waals surface area contributed by atoms with E-state index in [9.17, 15) is 4.79 Å².